The van der Waals surface area contributed by atoms with Gasteiger partial charge in [0.15, 0.2) is 0 Å². The zero-order chi connectivity index (χ0) is 43.3. The summed E-state index contributed by atoms with van der Waals surface area (Å²) in [5, 5.41) is 0. The van der Waals surface area contributed by atoms with Gasteiger partial charge in [0, 0.05) is 28.6 Å². The third-order valence-corrected chi connectivity index (χ3v) is 14.9. The van der Waals surface area contributed by atoms with Crippen LogP contribution in [0.1, 0.15) is 244 Å². The summed E-state index contributed by atoms with van der Waals surface area (Å²) in [7, 11) is 0. The normalized spacial score (nSPS) is 17.7. The van der Waals surface area contributed by atoms with Crippen LogP contribution in [0, 0.1) is 19.8 Å². The lowest BCUT2D eigenvalue weighted by Gasteiger charge is -2.42. The molecule has 1 aliphatic rings. The van der Waals surface area contributed by atoms with E-state index in [1.54, 1.807) is 0 Å². The molecule has 61 heavy (non-hydrogen) atoms. The Morgan fingerprint density at radius 3 is 1.16 bits per heavy atom. The molecule has 1 aliphatic carbocycles. The number of unbranched alkanes of at least 4 members (excludes halogenated alkanes) is 16. The van der Waals surface area contributed by atoms with Crippen molar-refractivity contribution in [3.8, 4) is 0 Å². The minimum Gasteiger partial charge on any atom is -0.399 e. The molecule has 0 saturated heterocycles. The van der Waals surface area contributed by atoms with Gasteiger partial charge in [0.2, 0.25) is 0 Å². The zero-order valence-electron chi connectivity index (χ0n) is 39.9. The van der Waals surface area contributed by atoms with Gasteiger partial charge >= 0.3 is 0 Å². The summed E-state index contributed by atoms with van der Waals surface area (Å²) >= 11 is 0. The summed E-state index contributed by atoms with van der Waals surface area (Å²) < 4.78 is 0. The third kappa shape index (κ3) is 14.5. The van der Waals surface area contributed by atoms with Gasteiger partial charge in [0.1, 0.15) is 0 Å². The Kier molecular flexibility index (Phi) is 20.8. The smallest absolute Gasteiger partial charge is 0.0316 e. The third-order valence-electron chi connectivity index (χ3n) is 14.9. The van der Waals surface area contributed by atoms with Crippen molar-refractivity contribution in [3.05, 3.63) is 129 Å². The van der Waals surface area contributed by atoms with Crippen molar-refractivity contribution in [3.63, 3.8) is 0 Å². The highest BCUT2D eigenvalue weighted by molar-refractivity contribution is 5.51. The number of anilines is 2. The van der Waals surface area contributed by atoms with Crippen molar-refractivity contribution in [1.29, 1.82) is 0 Å². The Morgan fingerprint density at radius 1 is 0.459 bits per heavy atom. The van der Waals surface area contributed by atoms with Crippen LogP contribution in [-0.2, 0) is 5.41 Å². The summed E-state index contributed by atoms with van der Waals surface area (Å²) in [4.78, 5) is 0. The second-order valence-corrected chi connectivity index (χ2v) is 19.6. The fourth-order valence-corrected chi connectivity index (χ4v) is 11.2. The molecule has 4 aromatic rings. The lowest BCUT2D eigenvalue weighted by molar-refractivity contribution is 0.253. The van der Waals surface area contributed by atoms with Crippen LogP contribution in [0.15, 0.2) is 84.9 Å². The maximum Gasteiger partial charge on any atom is 0.0316 e. The van der Waals surface area contributed by atoms with Crippen molar-refractivity contribution in [2.24, 2.45) is 5.92 Å². The van der Waals surface area contributed by atoms with Crippen molar-refractivity contribution in [2.75, 3.05) is 11.5 Å². The van der Waals surface area contributed by atoms with Crippen molar-refractivity contribution in [2.45, 2.75) is 219 Å². The maximum absolute atomic E-state index is 6.28. The number of nitrogen functional groups attached to an aromatic ring is 2. The van der Waals surface area contributed by atoms with E-state index in [1.807, 2.05) is 0 Å². The molecule has 0 aromatic heterocycles. The number of hydrogen-bond donors (Lipinski definition) is 2. The first kappa shape index (κ1) is 48.5. The van der Waals surface area contributed by atoms with Gasteiger partial charge in [-0.15, -0.1) is 0 Å². The molecule has 4 aromatic carbocycles. The van der Waals surface area contributed by atoms with E-state index in [1.165, 1.54) is 211 Å². The largest absolute Gasteiger partial charge is 0.399 e. The van der Waals surface area contributed by atoms with Crippen LogP contribution in [0.25, 0.3) is 0 Å². The van der Waals surface area contributed by atoms with Gasteiger partial charge in [-0.2, -0.15) is 0 Å². The van der Waals surface area contributed by atoms with Gasteiger partial charge in [-0.25, -0.2) is 0 Å². The molecule has 4 N–H and O–H groups in total. The Balaban J connectivity index is 1.36. The van der Waals surface area contributed by atoms with Crippen LogP contribution in [-0.4, -0.2) is 0 Å². The Labute approximate surface area is 375 Å². The zero-order valence-corrected chi connectivity index (χ0v) is 39.9. The summed E-state index contributed by atoms with van der Waals surface area (Å²) in [6.45, 7) is 11.5. The van der Waals surface area contributed by atoms with Crippen LogP contribution in [0.5, 0.6) is 0 Å². The monoisotopic (exact) mass is 825 g/mol. The van der Waals surface area contributed by atoms with E-state index in [2.05, 4.69) is 120 Å². The molecule has 1 saturated carbocycles. The molecule has 2 unspecified atom stereocenters. The predicted octanol–water partition coefficient (Wildman–Crippen LogP) is 17.8. The van der Waals surface area contributed by atoms with E-state index < -0.39 is 0 Å². The number of benzene rings is 4. The number of aryl methyl sites for hydroxylation is 2. The minimum absolute atomic E-state index is 0.0504. The molecular weight excluding hydrogens is 737 g/mol. The fraction of sp³-hybridized carbons (Fsp3) is 0.593. The van der Waals surface area contributed by atoms with E-state index in [-0.39, 0.29) is 5.41 Å². The molecule has 0 bridgehead atoms. The highest BCUT2D eigenvalue weighted by atomic mass is 14.5. The first-order valence-corrected chi connectivity index (χ1v) is 25.7. The first-order chi connectivity index (χ1) is 29.8. The first-order valence-electron chi connectivity index (χ1n) is 25.7. The molecule has 0 radical (unpaired) electrons. The summed E-state index contributed by atoms with van der Waals surface area (Å²) in [6, 6.07) is 33.3. The highest BCUT2D eigenvalue weighted by Gasteiger charge is 2.38. The fourth-order valence-electron chi connectivity index (χ4n) is 11.2. The maximum atomic E-state index is 6.28. The van der Waals surface area contributed by atoms with Gasteiger partial charge in [-0.3, -0.25) is 0 Å². The lowest BCUT2D eigenvalue weighted by atomic mass is 9.62. The van der Waals surface area contributed by atoms with Crippen LogP contribution in [0.4, 0.5) is 11.4 Å². The average molecular weight is 825 g/mol. The Bertz CT molecular complexity index is 1670. The van der Waals surface area contributed by atoms with Crippen molar-refractivity contribution in [1.82, 2.24) is 0 Å². The quantitative estimate of drug-likeness (QED) is 0.0443. The molecule has 0 spiro atoms. The van der Waals surface area contributed by atoms with Crippen molar-refractivity contribution >= 4 is 11.4 Å². The average Bonchev–Trinajstić information content (AvgIpc) is 3.26. The van der Waals surface area contributed by atoms with Crippen molar-refractivity contribution < 1.29 is 0 Å². The summed E-state index contributed by atoms with van der Waals surface area (Å²) in [6.07, 6.45) is 34.6. The van der Waals surface area contributed by atoms with Gasteiger partial charge in [0.25, 0.3) is 0 Å². The Hall–Kier alpha value is -3.52. The van der Waals surface area contributed by atoms with Crippen LogP contribution in [0.3, 0.4) is 0 Å². The molecule has 0 heterocycles. The molecule has 5 rings (SSSR count). The molecule has 0 amide bonds. The van der Waals surface area contributed by atoms with Gasteiger partial charge in [-0.1, -0.05) is 210 Å². The van der Waals surface area contributed by atoms with Crippen LogP contribution < -0.4 is 11.5 Å². The molecular formula is C59H88N2. The summed E-state index contributed by atoms with van der Waals surface area (Å²) in [5.41, 5.74) is 25.8. The second-order valence-electron chi connectivity index (χ2n) is 19.6. The van der Waals surface area contributed by atoms with E-state index in [9.17, 15) is 0 Å². The van der Waals surface area contributed by atoms with Gasteiger partial charge < -0.3 is 11.5 Å². The number of rotatable bonds is 28. The minimum atomic E-state index is 0.0504. The number of hydrogen-bond acceptors (Lipinski definition) is 2. The lowest BCUT2D eigenvalue weighted by Crippen LogP contribution is -2.33. The molecule has 2 heteroatoms. The topological polar surface area (TPSA) is 52.0 Å². The molecule has 1 fully saturated rings. The standard InChI is InChI=1S/C59H88N2/c1-6-9-11-13-15-17-19-21-23-26-57(55-38-36-53(60)44-46(55)4)49-28-32-51(33-29-49)59(42-40-48(25-8-3)41-43-59)52-34-30-50(31-35-52)58(56-39-37-54(61)45-47(56)5)27-24-22-20-18-16-14-12-10-7-2/h28-39,44-45,48,57-58H,6-27,40-43,60-61H2,1-5H3. The molecule has 334 valence electrons. The number of nitrogens with two attached hydrogens (primary N) is 2. The van der Waals surface area contributed by atoms with E-state index >= 15 is 0 Å². The van der Waals surface area contributed by atoms with E-state index in [0.717, 1.165) is 17.3 Å². The predicted molar refractivity (Wildman–Crippen MR) is 269 cm³/mol. The second kappa shape index (κ2) is 26.2. The molecule has 2 nitrogen and oxygen atoms in total. The SMILES string of the molecule is CCCCCCCCCCCC(c1ccc(C2(c3ccc(C(CCCCCCCCCCC)c4ccc(N)cc4C)cc3)CCC(CCC)CC2)cc1)c1ccc(N)cc1C. The van der Waals surface area contributed by atoms with Gasteiger partial charge in [0.05, 0.1) is 0 Å². The molecule has 0 aliphatic heterocycles. The Morgan fingerprint density at radius 2 is 0.820 bits per heavy atom. The van der Waals surface area contributed by atoms with Gasteiger partial charge in [-0.05, 0) is 127 Å². The molecule has 2 atom stereocenters. The van der Waals surface area contributed by atoms with Crippen LogP contribution in [0.2, 0.25) is 0 Å². The van der Waals surface area contributed by atoms with E-state index in [4.69, 9.17) is 11.5 Å². The van der Waals surface area contributed by atoms with Crippen LogP contribution >= 0.6 is 0 Å². The highest BCUT2D eigenvalue weighted by Crippen LogP contribution is 2.48. The van der Waals surface area contributed by atoms with E-state index in [0.29, 0.717) is 11.8 Å². The summed E-state index contributed by atoms with van der Waals surface area (Å²) in [5.74, 6) is 1.64.